The van der Waals surface area contributed by atoms with Crippen molar-refractivity contribution in [3.63, 3.8) is 0 Å². The van der Waals surface area contributed by atoms with Crippen LogP contribution in [0.5, 0.6) is 0 Å². The van der Waals surface area contributed by atoms with Crippen molar-refractivity contribution in [1.29, 1.82) is 0 Å². The number of rotatable bonds is 5. The van der Waals surface area contributed by atoms with Crippen molar-refractivity contribution >= 4 is 51.2 Å². The van der Waals surface area contributed by atoms with E-state index in [0.717, 1.165) is 24.3 Å². The van der Waals surface area contributed by atoms with E-state index in [-0.39, 0.29) is 53.0 Å². The van der Waals surface area contributed by atoms with Crippen molar-refractivity contribution in [3.8, 4) is 0 Å². The van der Waals surface area contributed by atoms with Gasteiger partial charge in [0, 0.05) is 13.6 Å². The van der Waals surface area contributed by atoms with Gasteiger partial charge in [0.1, 0.15) is 11.0 Å². The van der Waals surface area contributed by atoms with Gasteiger partial charge in [0.05, 0.1) is 31.6 Å². The number of benzene rings is 2. The van der Waals surface area contributed by atoms with Crippen LogP contribution in [-0.4, -0.2) is 47.2 Å². The molecule has 4 nitrogen and oxygen atoms in total. The Morgan fingerprint density at radius 1 is 0.857 bits per heavy atom. The molecule has 0 unspecified atom stereocenters. The normalized spacial score (nSPS) is 14.2. The van der Waals surface area contributed by atoms with Crippen LogP contribution in [0.25, 0.3) is 0 Å². The molecule has 0 spiro atoms. The third kappa shape index (κ3) is 18.1. The summed E-state index contributed by atoms with van der Waals surface area (Å²) in [5.41, 5.74) is -0.692. The smallest absolute Gasteiger partial charge is 1.00 e. The Morgan fingerprint density at radius 3 is 1.69 bits per heavy atom. The molecule has 0 saturated heterocycles. The third-order valence-corrected chi connectivity index (χ3v) is 7.61. The maximum absolute atomic E-state index is 12.6. The molecule has 0 aromatic heterocycles. The summed E-state index contributed by atoms with van der Waals surface area (Å²) in [7, 11) is -2.80. The van der Waals surface area contributed by atoms with Gasteiger partial charge in [0.2, 0.25) is 0 Å². The van der Waals surface area contributed by atoms with E-state index in [1.165, 1.54) is 24.4 Å². The van der Waals surface area contributed by atoms with Gasteiger partial charge in [0.25, 0.3) is 0 Å². The van der Waals surface area contributed by atoms with E-state index in [1.54, 1.807) is 61.5 Å². The summed E-state index contributed by atoms with van der Waals surface area (Å²) in [4.78, 5) is 0. The second-order valence-electron chi connectivity index (χ2n) is 10.1. The molecule has 0 amide bonds. The molecule has 0 aliphatic carbocycles. The molecule has 0 radical (unpaired) electrons. The fraction of sp³-hybridized carbons (Fsp3) is 0.500. The molecule has 14 heteroatoms. The number of hydrogen-bond acceptors (Lipinski definition) is 2. The van der Waals surface area contributed by atoms with Crippen LogP contribution in [0, 0.1) is 7.43 Å². The van der Waals surface area contributed by atoms with E-state index < -0.39 is 61.0 Å². The first-order valence-electron chi connectivity index (χ1n) is 12.5. The molecule has 238 valence electrons. The number of nitrogens with one attached hydrogen (secondary N) is 1. The molecule has 2 aromatic carbocycles. The summed E-state index contributed by atoms with van der Waals surface area (Å²) in [5.74, 6) is 0. The Labute approximate surface area is 280 Å². The zero-order chi connectivity index (χ0) is 31.5. The average Bonchev–Trinajstić information content (AvgIpc) is 2.81. The predicted molar refractivity (Wildman–Crippen MR) is 161 cm³/mol. The monoisotopic (exact) mass is 719 g/mol. The molecule has 0 bridgehead atoms. The van der Waals surface area contributed by atoms with Gasteiger partial charge in [-0.05, 0) is 83.9 Å². The Kier molecular flexibility index (Phi) is 22.0. The van der Waals surface area contributed by atoms with Gasteiger partial charge in [0.15, 0.2) is 0 Å². The minimum atomic E-state index is -4.38. The molecule has 0 aliphatic rings. The van der Waals surface area contributed by atoms with Crippen molar-refractivity contribution < 1.29 is 53.1 Å². The first-order chi connectivity index (χ1) is 18.0. The minimum absolute atomic E-state index is 0. The summed E-state index contributed by atoms with van der Waals surface area (Å²) in [6.45, 7) is 14.6. The van der Waals surface area contributed by atoms with Gasteiger partial charge in [-0.3, -0.25) is 0 Å². The first-order valence-corrected chi connectivity index (χ1v) is 14.1. The van der Waals surface area contributed by atoms with Crippen molar-refractivity contribution in [2.24, 2.45) is 4.40 Å². The topological polar surface area (TPSA) is 58.5 Å². The molecule has 0 aliphatic heterocycles. The van der Waals surface area contributed by atoms with Crippen molar-refractivity contribution in [2.45, 2.75) is 90.2 Å². The number of alkyl halides is 6. The first kappa shape index (κ1) is 45.6. The van der Waals surface area contributed by atoms with Gasteiger partial charge < -0.3 is 24.4 Å². The maximum atomic E-state index is 12.6. The van der Waals surface area contributed by atoms with E-state index in [1.807, 2.05) is 0 Å². The fourth-order valence-electron chi connectivity index (χ4n) is 2.45. The predicted octanol–water partition coefficient (Wildman–Crippen LogP) is 5.50. The third-order valence-electron chi connectivity index (χ3n) is 4.59. The second-order valence-corrected chi connectivity index (χ2v) is 14.0. The van der Waals surface area contributed by atoms with Crippen molar-refractivity contribution in [3.05, 3.63) is 78.2 Å². The standard InChI is InChI=1S/C13H18F3NOS.C12H14F3NOS.C2H6.CH3.BrH.Mg/c1-9(17-19(18)12(2,3)4)10-6-5-7-11(8-10)13(14,15)16;1-11(2,3)18(17)16-8-9-5-4-6-10(7-9)12(13,14)15;1-2;;;/h5-9,17H,1-4H3;4-8H,1-3H3;1-2H3;1H3;1H;/q;;;-1;;+2/p-1/t9-,19+;18-;;;;/m01..../s1/i;;1D;;;. The summed E-state index contributed by atoms with van der Waals surface area (Å²) in [5, 5.41) is 0. The van der Waals surface area contributed by atoms with Crippen molar-refractivity contribution in [2.75, 3.05) is 0 Å². The van der Waals surface area contributed by atoms with Crippen LogP contribution < -0.4 is 21.7 Å². The summed E-state index contributed by atoms with van der Waals surface area (Å²) in [6.07, 6.45) is -7.54. The summed E-state index contributed by atoms with van der Waals surface area (Å²) < 4.78 is 110. The summed E-state index contributed by atoms with van der Waals surface area (Å²) >= 11 is 0. The van der Waals surface area contributed by atoms with E-state index >= 15 is 0 Å². The fourth-order valence-corrected chi connectivity index (χ4v) is 3.80. The van der Waals surface area contributed by atoms with E-state index in [0.29, 0.717) is 12.5 Å². The Balaban J connectivity index is -0.000000305. The second kappa shape index (κ2) is 20.3. The average molecular weight is 721 g/mol. The zero-order valence-corrected chi connectivity index (χ0v) is 30.0. The summed E-state index contributed by atoms with van der Waals surface area (Å²) in [6, 6.07) is 9.38. The largest absolute Gasteiger partial charge is 2.00 e. The Bertz CT molecular complexity index is 1160. The number of halogens is 7. The molecule has 2 rings (SSSR count). The van der Waals surface area contributed by atoms with Crippen LogP contribution >= 0.6 is 0 Å². The van der Waals surface area contributed by atoms with Crippen molar-refractivity contribution in [1.82, 2.24) is 4.72 Å². The van der Waals surface area contributed by atoms with E-state index in [9.17, 15) is 34.8 Å². The van der Waals surface area contributed by atoms with Crippen LogP contribution in [0.15, 0.2) is 52.9 Å². The minimum Gasteiger partial charge on any atom is -1.00 e. The molecular weight excluding hydrogens is 679 g/mol. The maximum Gasteiger partial charge on any atom is 2.00 e. The van der Waals surface area contributed by atoms with Gasteiger partial charge in [-0.25, -0.2) is 13.1 Å². The molecule has 3 atom stereocenters. The van der Waals surface area contributed by atoms with Crippen LogP contribution in [0.3, 0.4) is 0 Å². The zero-order valence-electron chi connectivity index (χ0n) is 26.4. The van der Waals surface area contributed by atoms with Gasteiger partial charge in [-0.15, -0.1) is 0 Å². The van der Waals surface area contributed by atoms with E-state index in [4.69, 9.17) is 1.37 Å². The number of nitrogens with zero attached hydrogens (tertiary/aromatic N) is 1. The molecule has 0 heterocycles. The van der Waals surface area contributed by atoms with E-state index in [2.05, 4.69) is 9.12 Å². The van der Waals surface area contributed by atoms with Gasteiger partial charge >= 0.3 is 35.4 Å². The molecule has 0 saturated carbocycles. The Morgan fingerprint density at radius 2 is 1.29 bits per heavy atom. The number of hydrogen-bond donors (Lipinski definition) is 1. The van der Waals surface area contributed by atoms with Crippen LogP contribution in [0.4, 0.5) is 26.3 Å². The van der Waals surface area contributed by atoms with Gasteiger partial charge in [-0.2, -0.15) is 30.7 Å². The van der Waals surface area contributed by atoms with Crippen LogP contribution in [0.2, 0.25) is 0 Å². The molecule has 42 heavy (non-hydrogen) atoms. The molecular formula is C28H41BrF6MgN2O2S2. The molecule has 0 fully saturated rings. The Hall–Kier alpha value is -0.804. The molecule has 2 aromatic rings. The van der Waals surface area contributed by atoms with Crippen LogP contribution in [-0.2, 0) is 34.3 Å². The van der Waals surface area contributed by atoms with Crippen LogP contribution in [0.1, 0.15) is 92.0 Å². The SMILES string of the molecule is CC(C)(C)[S@@](=O)N=Cc1cccc(C(F)(F)F)c1.C[C@H](N[S@](=O)C(C)(C)C)c1cccc(C(F)(F)F)c1.[2H]CC.[Br-].[CH3-].[Mg+2]. The molecule has 1 N–H and O–H groups in total. The van der Waals surface area contributed by atoms with Gasteiger partial charge in [-0.1, -0.05) is 38.1 Å². The quantitative estimate of drug-likeness (QED) is 0.192.